The topological polar surface area (TPSA) is 62.6 Å². The number of morpholine rings is 1. The van der Waals surface area contributed by atoms with Crippen LogP contribution in [0.15, 0.2) is 11.8 Å². The van der Waals surface area contributed by atoms with Gasteiger partial charge in [-0.3, -0.25) is 0 Å². The average molecular weight is 196 g/mol. The first-order valence-corrected chi connectivity index (χ1v) is 4.30. The first kappa shape index (κ1) is 10.5. The van der Waals surface area contributed by atoms with Crippen molar-refractivity contribution >= 4 is 5.97 Å². The van der Waals surface area contributed by atoms with Gasteiger partial charge in [-0.1, -0.05) is 0 Å². The number of esters is 1. The summed E-state index contributed by atoms with van der Waals surface area (Å²) < 4.78 is 9.59. The molecule has 0 unspecified atom stereocenters. The molecule has 0 N–H and O–H groups in total. The Morgan fingerprint density at radius 1 is 1.57 bits per heavy atom. The number of nitrogens with zero attached hydrogens (tertiary/aromatic N) is 2. The fourth-order valence-electron chi connectivity index (χ4n) is 1.13. The van der Waals surface area contributed by atoms with Crippen LogP contribution in [0, 0.1) is 11.3 Å². The molecule has 0 amide bonds. The predicted molar refractivity (Wildman–Crippen MR) is 48.1 cm³/mol. The molecular weight excluding hydrogens is 184 g/mol. The summed E-state index contributed by atoms with van der Waals surface area (Å²) in [6.07, 6.45) is 1.52. The molecule has 1 saturated heterocycles. The van der Waals surface area contributed by atoms with Crippen molar-refractivity contribution in [2.75, 3.05) is 33.4 Å². The summed E-state index contributed by atoms with van der Waals surface area (Å²) in [4.78, 5) is 12.9. The Bertz CT molecular complexity index is 274. The van der Waals surface area contributed by atoms with Gasteiger partial charge in [0.15, 0.2) is 5.57 Å². The van der Waals surface area contributed by atoms with Gasteiger partial charge in [0.25, 0.3) is 0 Å². The van der Waals surface area contributed by atoms with Crippen molar-refractivity contribution < 1.29 is 14.3 Å². The number of methoxy groups -OCH3 is 1. The Kier molecular flexibility index (Phi) is 3.95. The van der Waals surface area contributed by atoms with Gasteiger partial charge >= 0.3 is 5.97 Å². The average Bonchev–Trinajstić information content (AvgIpc) is 2.26. The Morgan fingerprint density at radius 2 is 2.21 bits per heavy atom. The third-order valence-electron chi connectivity index (χ3n) is 1.88. The van der Waals surface area contributed by atoms with Crippen LogP contribution in [0.3, 0.4) is 0 Å². The predicted octanol–water partition coefficient (Wildman–Crippen LogP) is -0.101. The van der Waals surface area contributed by atoms with E-state index in [9.17, 15) is 4.79 Å². The van der Waals surface area contributed by atoms with Gasteiger partial charge < -0.3 is 14.4 Å². The molecule has 5 nitrogen and oxygen atoms in total. The SMILES string of the molecule is COC(=O)C(C#N)=CN1CCOCC1. The third kappa shape index (κ3) is 2.75. The highest BCUT2D eigenvalue weighted by atomic mass is 16.5. The Morgan fingerprint density at radius 3 is 2.71 bits per heavy atom. The molecule has 0 bridgehead atoms. The van der Waals surface area contributed by atoms with Crippen LogP contribution >= 0.6 is 0 Å². The van der Waals surface area contributed by atoms with E-state index < -0.39 is 5.97 Å². The number of hydrogen-bond donors (Lipinski definition) is 0. The number of ether oxygens (including phenoxy) is 2. The van der Waals surface area contributed by atoms with E-state index in [1.807, 2.05) is 4.90 Å². The molecule has 5 heteroatoms. The van der Waals surface area contributed by atoms with Crippen molar-refractivity contribution in [2.24, 2.45) is 0 Å². The fraction of sp³-hybridized carbons (Fsp3) is 0.556. The molecule has 1 fully saturated rings. The summed E-state index contributed by atoms with van der Waals surface area (Å²) in [6, 6.07) is 1.80. The van der Waals surface area contributed by atoms with Crippen LogP contribution < -0.4 is 0 Å². The van der Waals surface area contributed by atoms with Gasteiger partial charge in [-0.15, -0.1) is 0 Å². The summed E-state index contributed by atoms with van der Waals surface area (Å²) in [7, 11) is 1.26. The monoisotopic (exact) mass is 196 g/mol. The molecule has 0 radical (unpaired) electrons. The first-order chi connectivity index (χ1) is 6.77. The number of rotatable bonds is 2. The van der Waals surface area contributed by atoms with Crippen molar-refractivity contribution in [1.29, 1.82) is 5.26 Å². The zero-order valence-electron chi connectivity index (χ0n) is 8.02. The van der Waals surface area contributed by atoms with Gasteiger partial charge in [0, 0.05) is 19.3 Å². The zero-order valence-corrected chi connectivity index (χ0v) is 8.02. The van der Waals surface area contributed by atoms with Crippen molar-refractivity contribution in [3.8, 4) is 6.07 Å². The highest BCUT2D eigenvalue weighted by Crippen LogP contribution is 2.03. The van der Waals surface area contributed by atoms with Crippen molar-refractivity contribution in [1.82, 2.24) is 4.90 Å². The second-order valence-corrected chi connectivity index (χ2v) is 2.79. The minimum atomic E-state index is -0.598. The molecule has 1 rings (SSSR count). The zero-order chi connectivity index (χ0) is 10.4. The molecular formula is C9H12N2O3. The molecule has 76 valence electrons. The number of hydrogen-bond acceptors (Lipinski definition) is 5. The van der Waals surface area contributed by atoms with Crippen LogP contribution in [0.5, 0.6) is 0 Å². The molecule has 1 aliphatic heterocycles. The van der Waals surface area contributed by atoms with Gasteiger partial charge in [0.1, 0.15) is 6.07 Å². The van der Waals surface area contributed by atoms with Crippen LogP contribution in [0.2, 0.25) is 0 Å². The van der Waals surface area contributed by atoms with Gasteiger partial charge in [0.2, 0.25) is 0 Å². The molecule has 0 saturated carbocycles. The van der Waals surface area contributed by atoms with E-state index in [4.69, 9.17) is 10.00 Å². The molecule has 14 heavy (non-hydrogen) atoms. The van der Waals surface area contributed by atoms with E-state index in [1.54, 1.807) is 6.07 Å². The van der Waals surface area contributed by atoms with Gasteiger partial charge in [-0.05, 0) is 0 Å². The third-order valence-corrected chi connectivity index (χ3v) is 1.88. The molecule has 0 aromatic heterocycles. The normalized spacial score (nSPS) is 17.4. The lowest BCUT2D eigenvalue weighted by Crippen LogP contribution is -2.32. The summed E-state index contributed by atoms with van der Waals surface area (Å²) >= 11 is 0. The summed E-state index contributed by atoms with van der Waals surface area (Å²) in [5, 5.41) is 8.68. The fourth-order valence-corrected chi connectivity index (χ4v) is 1.13. The lowest BCUT2D eigenvalue weighted by Gasteiger charge is -2.25. The Balaban J connectivity index is 2.63. The van der Waals surface area contributed by atoms with Crippen LogP contribution in [-0.4, -0.2) is 44.3 Å². The Hall–Kier alpha value is -1.54. The summed E-state index contributed by atoms with van der Waals surface area (Å²) in [5.74, 6) is -0.598. The van der Waals surface area contributed by atoms with Gasteiger partial charge in [-0.25, -0.2) is 4.79 Å². The molecule has 0 aromatic rings. The molecule has 0 spiro atoms. The largest absolute Gasteiger partial charge is 0.465 e. The quantitative estimate of drug-likeness (QED) is 0.350. The number of nitriles is 1. The second kappa shape index (κ2) is 5.25. The minimum Gasteiger partial charge on any atom is -0.465 e. The van der Waals surface area contributed by atoms with E-state index in [2.05, 4.69) is 4.74 Å². The van der Waals surface area contributed by atoms with Crippen molar-refractivity contribution in [2.45, 2.75) is 0 Å². The van der Waals surface area contributed by atoms with Crippen LogP contribution in [0.25, 0.3) is 0 Å². The summed E-state index contributed by atoms with van der Waals surface area (Å²) in [5.41, 5.74) is 0.0226. The maximum Gasteiger partial charge on any atom is 0.350 e. The smallest absolute Gasteiger partial charge is 0.350 e. The van der Waals surface area contributed by atoms with Crippen LogP contribution in [0.4, 0.5) is 0 Å². The van der Waals surface area contributed by atoms with Crippen LogP contribution in [0.1, 0.15) is 0 Å². The van der Waals surface area contributed by atoms with E-state index in [-0.39, 0.29) is 5.57 Å². The van der Waals surface area contributed by atoms with E-state index in [0.717, 1.165) is 0 Å². The maximum absolute atomic E-state index is 11.0. The maximum atomic E-state index is 11.0. The van der Waals surface area contributed by atoms with E-state index in [0.29, 0.717) is 26.3 Å². The molecule has 1 heterocycles. The van der Waals surface area contributed by atoms with Crippen molar-refractivity contribution in [3.63, 3.8) is 0 Å². The lowest BCUT2D eigenvalue weighted by molar-refractivity contribution is -0.135. The highest BCUT2D eigenvalue weighted by molar-refractivity contribution is 5.92. The number of carbonyl (C=O) groups is 1. The van der Waals surface area contributed by atoms with Crippen LogP contribution in [-0.2, 0) is 14.3 Å². The molecule has 1 aliphatic rings. The highest BCUT2D eigenvalue weighted by Gasteiger charge is 2.12. The van der Waals surface area contributed by atoms with E-state index in [1.165, 1.54) is 13.3 Å². The lowest BCUT2D eigenvalue weighted by atomic mass is 10.3. The Labute approximate surface area is 82.5 Å². The summed E-state index contributed by atoms with van der Waals surface area (Å²) in [6.45, 7) is 2.64. The van der Waals surface area contributed by atoms with Crippen molar-refractivity contribution in [3.05, 3.63) is 11.8 Å². The van der Waals surface area contributed by atoms with E-state index >= 15 is 0 Å². The second-order valence-electron chi connectivity index (χ2n) is 2.79. The first-order valence-electron chi connectivity index (χ1n) is 4.30. The molecule has 0 aromatic carbocycles. The molecule has 0 aliphatic carbocycles. The van der Waals surface area contributed by atoms with Gasteiger partial charge in [0.05, 0.1) is 20.3 Å². The number of carbonyl (C=O) groups excluding carboxylic acids is 1. The van der Waals surface area contributed by atoms with Gasteiger partial charge in [-0.2, -0.15) is 5.26 Å². The minimum absolute atomic E-state index is 0.0226. The standard InChI is InChI=1S/C9H12N2O3/c1-13-9(12)8(6-10)7-11-2-4-14-5-3-11/h7H,2-5H2,1H3. The molecule has 0 atom stereocenters.